The van der Waals surface area contributed by atoms with Crippen LogP contribution in [0.3, 0.4) is 0 Å². The Labute approximate surface area is 158 Å². The van der Waals surface area contributed by atoms with Crippen LogP contribution in [0.1, 0.15) is 17.5 Å². The van der Waals surface area contributed by atoms with E-state index < -0.39 is 26.1 Å². The Morgan fingerprint density at radius 3 is 2.37 bits per heavy atom. The molecule has 27 heavy (non-hydrogen) atoms. The van der Waals surface area contributed by atoms with E-state index in [1.165, 1.54) is 14.8 Å². The van der Waals surface area contributed by atoms with Crippen LogP contribution >= 0.6 is 0 Å². The third-order valence-corrected chi connectivity index (χ3v) is 7.51. The molecule has 3 rings (SSSR count). The third-order valence-electron chi connectivity index (χ3n) is 4.48. The van der Waals surface area contributed by atoms with Crippen LogP contribution in [-0.4, -0.2) is 77.1 Å². The average molecular weight is 419 g/mol. The lowest BCUT2D eigenvalue weighted by Crippen LogP contribution is -2.62. The van der Waals surface area contributed by atoms with Crippen molar-refractivity contribution in [1.82, 2.24) is 28.3 Å². The average Bonchev–Trinajstić information content (AvgIpc) is 3.06. The van der Waals surface area contributed by atoms with Crippen molar-refractivity contribution in [3.8, 4) is 0 Å². The lowest BCUT2D eigenvalue weighted by atomic mass is 10.2. The van der Waals surface area contributed by atoms with E-state index in [-0.39, 0.29) is 31.1 Å². The Morgan fingerprint density at radius 1 is 1.22 bits per heavy atom. The fraction of sp³-hybridized carbons (Fsp3) is 0.643. The maximum Gasteiger partial charge on any atom is 0.262 e. The second-order valence-corrected chi connectivity index (χ2v) is 10.4. The minimum atomic E-state index is -3.74. The highest BCUT2D eigenvalue weighted by molar-refractivity contribution is 7.89. The molecule has 0 bridgehead atoms. The van der Waals surface area contributed by atoms with Gasteiger partial charge in [0.05, 0.1) is 12.3 Å². The zero-order valence-electron chi connectivity index (χ0n) is 15.5. The number of aromatic nitrogens is 4. The molecule has 0 aromatic carbocycles. The lowest BCUT2D eigenvalue weighted by Gasteiger charge is -2.42. The first-order valence-electron chi connectivity index (χ1n) is 8.24. The van der Waals surface area contributed by atoms with Crippen LogP contribution in [-0.2, 0) is 33.5 Å². The summed E-state index contributed by atoms with van der Waals surface area (Å²) in [5.74, 6) is 1.40. The van der Waals surface area contributed by atoms with Gasteiger partial charge in [0.15, 0.2) is 10.9 Å². The van der Waals surface area contributed by atoms with Gasteiger partial charge < -0.3 is 9.09 Å². The molecule has 13 heteroatoms. The summed E-state index contributed by atoms with van der Waals surface area (Å²) >= 11 is 0. The molecule has 150 valence electrons. The minimum absolute atomic E-state index is 0.0332. The van der Waals surface area contributed by atoms with Gasteiger partial charge in [0, 0.05) is 46.2 Å². The molecule has 0 aliphatic carbocycles. The predicted molar refractivity (Wildman–Crippen MR) is 94.8 cm³/mol. The molecule has 0 radical (unpaired) electrons. The maximum atomic E-state index is 12.6. The summed E-state index contributed by atoms with van der Waals surface area (Å²) in [7, 11) is -5.54. The van der Waals surface area contributed by atoms with Crippen molar-refractivity contribution in [2.75, 3.05) is 25.9 Å². The largest absolute Gasteiger partial charge is 0.340 e. The SMILES string of the molecule is Cc1nc(CCN(C2CN(S(=O)(=O)c3cn(C)c(C)n3)C2)S(C)(=O)=O)no1. The number of rotatable bonds is 7. The van der Waals surface area contributed by atoms with E-state index in [2.05, 4.69) is 15.1 Å². The molecule has 3 heterocycles. The first-order chi connectivity index (χ1) is 12.5. The quantitative estimate of drug-likeness (QED) is 0.576. The molecule has 0 amide bonds. The van der Waals surface area contributed by atoms with Crippen molar-refractivity contribution in [1.29, 1.82) is 0 Å². The van der Waals surface area contributed by atoms with E-state index >= 15 is 0 Å². The Morgan fingerprint density at radius 2 is 1.89 bits per heavy atom. The highest BCUT2D eigenvalue weighted by atomic mass is 32.2. The molecule has 0 saturated carbocycles. The normalized spacial score (nSPS) is 16.8. The molecule has 1 fully saturated rings. The zero-order valence-corrected chi connectivity index (χ0v) is 17.2. The van der Waals surface area contributed by atoms with E-state index in [1.54, 1.807) is 25.5 Å². The Bertz CT molecular complexity index is 1020. The highest BCUT2D eigenvalue weighted by Gasteiger charge is 2.43. The molecule has 0 unspecified atom stereocenters. The van der Waals surface area contributed by atoms with E-state index in [1.807, 2.05) is 0 Å². The van der Waals surface area contributed by atoms with Crippen LogP contribution in [0.4, 0.5) is 0 Å². The van der Waals surface area contributed by atoms with Crippen molar-refractivity contribution in [2.45, 2.75) is 31.3 Å². The van der Waals surface area contributed by atoms with Gasteiger partial charge in [0.1, 0.15) is 5.82 Å². The van der Waals surface area contributed by atoms with Crippen molar-refractivity contribution < 1.29 is 21.4 Å². The van der Waals surface area contributed by atoms with Crippen molar-refractivity contribution >= 4 is 20.0 Å². The summed E-state index contributed by atoms with van der Waals surface area (Å²) in [4.78, 5) is 8.11. The molecule has 2 aromatic rings. The number of hydrogen-bond donors (Lipinski definition) is 0. The molecule has 0 N–H and O–H groups in total. The second-order valence-electron chi connectivity index (χ2n) is 6.57. The van der Waals surface area contributed by atoms with Crippen molar-refractivity contribution in [2.24, 2.45) is 7.05 Å². The Kier molecular flexibility index (Phi) is 5.14. The van der Waals surface area contributed by atoms with Gasteiger partial charge >= 0.3 is 0 Å². The van der Waals surface area contributed by atoms with Crippen molar-refractivity contribution in [3.63, 3.8) is 0 Å². The van der Waals surface area contributed by atoms with E-state index in [0.29, 0.717) is 17.5 Å². The second kappa shape index (κ2) is 6.96. The molecule has 11 nitrogen and oxygen atoms in total. The Hall–Kier alpha value is -1.83. The van der Waals surface area contributed by atoms with E-state index in [4.69, 9.17) is 4.52 Å². The smallest absolute Gasteiger partial charge is 0.262 e. The summed E-state index contributed by atoms with van der Waals surface area (Å²) in [6.07, 6.45) is 2.84. The molecular formula is C14H22N6O5S2. The van der Waals surface area contributed by atoms with Crippen LogP contribution in [0.15, 0.2) is 15.7 Å². The van der Waals surface area contributed by atoms with E-state index in [0.717, 1.165) is 6.26 Å². The summed E-state index contributed by atoms with van der Waals surface area (Å²) in [6, 6.07) is -0.437. The molecule has 0 atom stereocenters. The first-order valence-corrected chi connectivity index (χ1v) is 11.5. The minimum Gasteiger partial charge on any atom is -0.340 e. The van der Waals surface area contributed by atoms with Gasteiger partial charge in [-0.25, -0.2) is 21.8 Å². The van der Waals surface area contributed by atoms with Gasteiger partial charge in [-0.2, -0.15) is 13.6 Å². The molecule has 0 spiro atoms. The van der Waals surface area contributed by atoms with Crippen LogP contribution in [0.25, 0.3) is 0 Å². The molecular weight excluding hydrogens is 396 g/mol. The van der Waals surface area contributed by atoms with Crippen LogP contribution in [0, 0.1) is 13.8 Å². The standard InChI is InChI=1S/C14H22N6O5S2/c1-10-15-14(9-18(10)3)27(23,24)19-7-12(8-19)20(26(4,21)22)6-5-13-16-11(2)25-17-13/h9,12H,5-8H2,1-4H3. The van der Waals surface area contributed by atoms with Crippen LogP contribution in [0.2, 0.25) is 0 Å². The summed E-state index contributed by atoms with van der Waals surface area (Å²) in [6.45, 7) is 3.67. The van der Waals surface area contributed by atoms with E-state index in [9.17, 15) is 16.8 Å². The zero-order chi connectivity index (χ0) is 20.0. The summed E-state index contributed by atoms with van der Waals surface area (Å²) in [5.41, 5.74) is 0. The maximum absolute atomic E-state index is 12.6. The molecule has 1 aliphatic heterocycles. The lowest BCUT2D eigenvalue weighted by molar-refractivity contribution is 0.155. The first kappa shape index (κ1) is 19.9. The number of imidazole rings is 1. The molecule has 1 aliphatic rings. The topological polar surface area (TPSA) is 132 Å². The molecule has 1 saturated heterocycles. The number of hydrogen-bond acceptors (Lipinski definition) is 8. The van der Waals surface area contributed by atoms with Gasteiger partial charge in [-0.15, -0.1) is 0 Å². The predicted octanol–water partition coefficient (Wildman–Crippen LogP) is -0.703. The van der Waals surface area contributed by atoms with Gasteiger partial charge in [-0.1, -0.05) is 5.16 Å². The summed E-state index contributed by atoms with van der Waals surface area (Å²) in [5, 5.41) is 3.72. The fourth-order valence-electron chi connectivity index (χ4n) is 2.85. The highest BCUT2D eigenvalue weighted by Crippen LogP contribution is 2.25. The van der Waals surface area contributed by atoms with Gasteiger partial charge in [-0.05, 0) is 6.92 Å². The van der Waals surface area contributed by atoms with Gasteiger partial charge in [-0.3, -0.25) is 0 Å². The number of nitrogens with zero attached hydrogens (tertiary/aromatic N) is 6. The number of sulfonamides is 2. The van der Waals surface area contributed by atoms with Gasteiger partial charge in [0.25, 0.3) is 10.0 Å². The number of aryl methyl sites for hydroxylation is 3. The monoisotopic (exact) mass is 418 g/mol. The van der Waals surface area contributed by atoms with Gasteiger partial charge in [0.2, 0.25) is 15.9 Å². The fourth-order valence-corrected chi connectivity index (χ4v) is 5.49. The van der Waals surface area contributed by atoms with Crippen LogP contribution < -0.4 is 0 Å². The Balaban J connectivity index is 1.68. The van der Waals surface area contributed by atoms with Crippen molar-refractivity contribution in [3.05, 3.63) is 23.7 Å². The summed E-state index contributed by atoms with van der Waals surface area (Å²) < 4.78 is 58.6. The molecule has 2 aromatic heterocycles. The van der Waals surface area contributed by atoms with Crippen LogP contribution in [0.5, 0.6) is 0 Å². The third kappa shape index (κ3) is 4.05.